The van der Waals surface area contributed by atoms with Crippen molar-refractivity contribution in [2.45, 2.75) is 0 Å². The average molecular weight is 324 g/mol. The number of nitrogens with zero attached hydrogens (tertiary/aromatic N) is 2. The molecule has 0 saturated heterocycles. The van der Waals surface area contributed by atoms with Gasteiger partial charge < -0.3 is 9.72 Å². The van der Waals surface area contributed by atoms with Gasteiger partial charge in [-0.1, -0.05) is 30.3 Å². The van der Waals surface area contributed by atoms with E-state index in [0.717, 1.165) is 5.75 Å². The van der Waals surface area contributed by atoms with Gasteiger partial charge in [-0.3, -0.25) is 4.79 Å². The first kappa shape index (κ1) is 14.8. The minimum absolute atomic E-state index is 0.0537. The van der Waals surface area contributed by atoms with Crippen LogP contribution in [-0.4, -0.2) is 9.97 Å². The molecular weight excluding hydrogens is 314 g/mol. The van der Waals surface area contributed by atoms with E-state index < -0.39 is 5.56 Å². The van der Waals surface area contributed by atoms with E-state index in [2.05, 4.69) is 14.8 Å². The maximum atomic E-state index is 11.8. The highest BCUT2D eigenvalue weighted by Gasteiger charge is 2.13. The Morgan fingerprint density at radius 1 is 1.04 bits per heavy atom. The molecule has 0 radical (unpaired) electrons. The molecule has 0 atom stereocenters. The van der Waals surface area contributed by atoms with Crippen molar-refractivity contribution in [3.8, 4) is 22.8 Å². The highest BCUT2D eigenvalue weighted by Crippen LogP contribution is 2.29. The van der Waals surface area contributed by atoms with Crippen LogP contribution in [0.5, 0.6) is 11.5 Å². The number of ether oxygens (including phenoxy) is 1. The van der Waals surface area contributed by atoms with E-state index in [1.54, 1.807) is 24.3 Å². The van der Waals surface area contributed by atoms with Crippen molar-refractivity contribution in [3.63, 3.8) is 0 Å². The van der Waals surface area contributed by atoms with E-state index in [4.69, 9.17) is 22.9 Å². The van der Waals surface area contributed by atoms with Crippen LogP contribution < -0.4 is 10.3 Å². The molecule has 3 aromatic rings. The number of hydrogen-bond acceptors (Lipinski definition) is 3. The van der Waals surface area contributed by atoms with Gasteiger partial charge in [0.15, 0.2) is 0 Å². The van der Waals surface area contributed by atoms with Crippen molar-refractivity contribution in [2.75, 3.05) is 0 Å². The predicted octanol–water partition coefficient (Wildman–Crippen LogP) is 4.43. The largest absolute Gasteiger partial charge is 0.457 e. The monoisotopic (exact) mass is 323 g/mol. The molecule has 0 aliphatic heterocycles. The highest BCUT2D eigenvalue weighted by atomic mass is 35.5. The van der Waals surface area contributed by atoms with Crippen molar-refractivity contribution in [3.05, 3.63) is 81.7 Å². The third kappa shape index (κ3) is 3.23. The predicted molar refractivity (Wildman–Crippen MR) is 88.1 cm³/mol. The summed E-state index contributed by atoms with van der Waals surface area (Å²) < 4.78 is 5.70. The number of hydrogen-bond donors (Lipinski definition) is 1. The van der Waals surface area contributed by atoms with Crippen LogP contribution >= 0.6 is 11.6 Å². The summed E-state index contributed by atoms with van der Waals surface area (Å²) in [6, 6.07) is 16.3. The third-order valence-corrected chi connectivity index (χ3v) is 3.26. The molecule has 0 amide bonds. The Bertz CT molecular complexity index is 929. The second-order valence-corrected chi connectivity index (χ2v) is 4.96. The molecule has 112 valence electrons. The first-order chi connectivity index (χ1) is 11.2. The molecule has 1 heterocycles. The fourth-order valence-electron chi connectivity index (χ4n) is 2.05. The number of nitrogens with one attached hydrogen (secondary N) is 1. The zero-order valence-corrected chi connectivity index (χ0v) is 12.5. The minimum atomic E-state index is -0.556. The Morgan fingerprint density at radius 3 is 2.35 bits per heavy atom. The van der Waals surface area contributed by atoms with Crippen LogP contribution in [0, 0.1) is 6.57 Å². The number of H-pyrrole nitrogens is 1. The van der Waals surface area contributed by atoms with Crippen molar-refractivity contribution in [1.29, 1.82) is 0 Å². The standard InChI is InChI=1S/C17H10ClN3O2/c1-19-15-14(20-17(18)21-16(15)22)11-7-9-13(10-8-11)23-12-5-3-2-4-6-12/h2-10H,(H,20,21,22). The van der Waals surface area contributed by atoms with Gasteiger partial charge in [0.2, 0.25) is 5.28 Å². The molecule has 23 heavy (non-hydrogen) atoms. The molecular formula is C17H10ClN3O2. The Hall–Kier alpha value is -3.10. The van der Waals surface area contributed by atoms with E-state index in [1.807, 2.05) is 30.3 Å². The van der Waals surface area contributed by atoms with Gasteiger partial charge in [0.25, 0.3) is 11.2 Å². The molecule has 1 aromatic heterocycles. The maximum Gasteiger partial charge on any atom is 0.276 e. The van der Waals surface area contributed by atoms with E-state index >= 15 is 0 Å². The first-order valence-electron chi connectivity index (χ1n) is 6.68. The summed E-state index contributed by atoms with van der Waals surface area (Å²) in [5.74, 6) is 1.36. The topological polar surface area (TPSA) is 59.3 Å². The maximum absolute atomic E-state index is 11.8. The second kappa shape index (κ2) is 6.34. The lowest BCUT2D eigenvalue weighted by Crippen LogP contribution is -2.08. The molecule has 0 aliphatic rings. The number of aromatic amines is 1. The van der Waals surface area contributed by atoms with Crippen molar-refractivity contribution in [2.24, 2.45) is 0 Å². The number of rotatable bonds is 3. The number of benzene rings is 2. The van der Waals surface area contributed by atoms with Gasteiger partial charge >= 0.3 is 0 Å². The fourth-order valence-corrected chi connectivity index (χ4v) is 2.22. The molecule has 3 rings (SSSR count). The molecule has 6 heteroatoms. The lowest BCUT2D eigenvalue weighted by Gasteiger charge is -2.07. The summed E-state index contributed by atoms with van der Waals surface area (Å²) in [7, 11) is 0. The molecule has 0 saturated carbocycles. The summed E-state index contributed by atoms with van der Waals surface area (Å²) in [4.78, 5) is 21.3. The van der Waals surface area contributed by atoms with Gasteiger partial charge in [-0.25, -0.2) is 9.83 Å². The van der Waals surface area contributed by atoms with Gasteiger partial charge in [0.1, 0.15) is 11.5 Å². The van der Waals surface area contributed by atoms with E-state index in [0.29, 0.717) is 11.3 Å². The van der Waals surface area contributed by atoms with Gasteiger partial charge in [-0.2, -0.15) is 0 Å². The normalized spacial score (nSPS) is 10.1. The van der Waals surface area contributed by atoms with Crippen LogP contribution in [0.25, 0.3) is 16.1 Å². The van der Waals surface area contributed by atoms with Crippen LogP contribution in [0.15, 0.2) is 59.4 Å². The van der Waals surface area contributed by atoms with E-state index in [1.165, 1.54) is 0 Å². The van der Waals surface area contributed by atoms with E-state index in [9.17, 15) is 4.79 Å². The number of para-hydroxylation sites is 1. The summed E-state index contributed by atoms with van der Waals surface area (Å²) in [6.07, 6.45) is 0. The molecule has 1 N–H and O–H groups in total. The molecule has 0 bridgehead atoms. The van der Waals surface area contributed by atoms with Gasteiger partial charge in [-0.15, -0.1) is 0 Å². The average Bonchev–Trinajstić information content (AvgIpc) is 2.56. The molecule has 0 spiro atoms. The van der Waals surface area contributed by atoms with Crippen LogP contribution in [0.1, 0.15) is 0 Å². The summed E-state index contributed by atoms with van der Waals surface area (Å²) in [5, 5.41) is -0.0537. The lowest BCUT2D eigenvalue weighted by molar-refractivity contribution is 0.483. The molecule has 5 nitrogen and oxygen atoms in total. The van der Waals surface area contributed by atoms with Crippen LogP contribution in [-0.2, 0) is 0 Å². The third-order valence-electron chi connectivity index (χ3n) is 3.08. The highest BCUT2D eigenvalue weighted by molar-refractivity contribution is 6.28. The fraction of sp³-hybridized carbons (Fsp3) is 0. The van der Waals surface area contributed by atoms with Gasteiger partial charge in [0, 0.05) is 0 Å². The molecule has 2 aromatic carbocycles. The van der Waals surface area contributed by atoms with Crippen molar-refractivity contribution in [1.82, 2.24) is 9.97 Å². The van der Waals surface area contributed by atoms with Crippen molar-refractivity contribution >= 4 is 17.3 Å². The van der Waals surface area contributed by atoms with Crippen LogP contribution in [0.2, 0.25) is 5.28 Å². The molecule has 0 aliphatic carbocycles. The Morgan fingerprint density at radius 2 is 1.70 bits per heavy atom. The Kier molecular flexibility index (Phi) is 4.09. The molecule has 0 unspecified atom stereocenters. The van der Waals surface area contributed by atoms with Gasteiger partial charge in [0.05, 0.1) is 12.3 Å². The summed E-state index contributed by atoms with van der Waals surface area (Å²) in [6.45, 7) is 7.13. The number of halogens is 1. The quantitative estimate of drug-likeness (QED) is 0.573. The number of aromatic nitrogens is 2. The smallest absolute Gasteiger partial charge is 0.276 e. The summed E-state index contributed by atoms with van der Waals surface area (Å²) in [5.41, 5.74) is 0.218. The van der Waals surface area contributed by atoms with Crippen LogP contribution in [0.3, 0.4) is 0 Å². The van der Waals surface area contributed by atoms with Crippen molar-refractivity contribution < 1.29 is 4.74 Å². The van der Waals surface area contributed by atoms with Gasteiger partial charge in [-0.05, 0) is 41.4 Å². The zero-order valence-electron chi connectivity index (χ0n) is 11.8. The Balaban J connectivity index is 1.95. The zero-order chi connectivity index (χ0) is 16.2. The lowest BCUT2D eigenvalue weighted by atomic mass is 10.1. The SMILES string of the molecule is [C-]#[N+]c1c(-c2ccc(Oc3ccccc3)cc2)nc(Cl)[nH]c1=O. The minimum Gasteiger partial charge on any atom is -0.457 e. The Labute approximate surface area is 137 Å². The molecule has 0 fully saturated rings. The van der Waals surface area contributed by atoms with Crippen LogP contribution in [0.4, 0.5) is 5.69 Å². The second-order valence-electron chi connectivity index (χ2n) is 4.61. The summed E-state index contributed by atoms with van der Waals surface area (Å²) >= 11 is 5.77. The first-order valence-corrected chi connectivity index (χ1v) is 7.06. The van der Waals surface area contributed by atoms with E-state index in [-0.39, 0.29) is 16.7 Å².